The molecule has 1 aromatic carbocycles. The molecule has 2 heteroatoms. The molecule has 194 valence electrons. The highest BCUT2D eigenvalue weighted by Gasteiger charge is 2.25. The van der Waals surface area contributed by atoms with E-state index in [9.17, 15) is 0 Å². The number of hydrogen-bond acceptors (Lipinski definition) is 2. The van der Waals surface area contributed by atoms with E-state index in [1.54, 1.807) is 0 Å². The molecule has 34 heavy (non-hydrogen) atoms. The first-order valence-electron chi connectivity index (χ1n) is 15.1. The number of benzene rings is 1. The Kier molecular flexibility index (Phi) is 16.8. The van der Waals surface area contributed by atoms with Gasteiger partial charge in [0.25, 0.3) is 0 Å². The normalized spacial score (nSPS) is 15.5. The van der Waals surface area contributed by atoms with Crippen molar-refractivity contribution in [2.45, 2.75) is 142 Å². The van der Waals surface area contributed by atoms with Gasteiger partial charge in [0, 0.05) is 31.9 Å². The maximum atomic E-state index is 2.63. The fraction of sp³-hybridized carbons (Fsp3) is 0.750. The van der Waals surface area contributed by atoms with Crippen LogP contribution in [0.3, 0.4) is 0 Å². The van der Waals surface area contributed by atoms with Crippen molar-refractivity contribution in [2.24, 2.45) is 0 Å². The fourth-order valence-electron chi connectivity index (χ4n) is 5.28. The maximum absolute atomic E-state index is 2.63. The van der Waals surface area contributed by atoms with Gasteiger partial charge in [0.1, 0.15) is 6.17 Å². The highest BCUT2D eigenvalue weighted by molar-refractivity contribution is 5.17. The molecule has 1 unspecified atom stereocenters. The van der Waals surface area contributed by atoms with Crippen molar-refractivity contribution in [1.29, 1.82) is 0 Å². The van der Waals surface area contributed by atoms with Gasteiger partial charge in [0.05, 0.1) is 0 Å². The zero-order valence-corrected chi connectivity index (χ0v) is 22.9. The molecule has 0 saturated carbocycles. The molecular weight excluding hydrogens is 412 g/mol. The summed E-state index contributed by atoms with van der Waals surface area (Å²) in [6, 6.07) is 11.1. The Hall–Kier alpha value is -1.44. The fourth-order valence-corrected chi connectivity index (χ4v) is 5.28. The van der Waals surface area contributed by atoms with Gasteiger partial charge in [-0.3, -0.25) is 0 Å². The van der Waals surface area contributed by atoms with E-state index in [2.05, 4.69) is 66.4 Å². The smallest absolute Gasteiger partial charge is 0.105 e. The molecular formula is C32H56N2. The van der Waals surface area contributed by atoms with Gasteiger partial charge in [-0.25, -0.2) is 0 Å². The van der Waals surface area contributed by atoms with Gasteiger partial charge in [0.2, 0.25) is 0 Å². The van der Waals surface area contributed by atoms with E-state index in [1.807, 2.05) is 0 Å². The van der Waals surface area contributed by atoms with Crippen LogP contribution in [0.5, 0.6) is 0 Å². The van der Waals surface area contributed by atoms with Gasteiger partial charge in [-0.05, 0) is 18.4 Å². The van der Waals surface area contributed by atoms with E-state index in [0.29, 0.717) is 6.17 Å². The van der Waals surface area contributed by atoms with Gasteiger partial charge in [-0.2, -0.15) is 0 Å². The van der Waals surface area contributed by atoms with Gasteiger partial charge in [0.15, 0.2) is 0 Å². The second-order valence-electron chi connectivity index (χ2n) is 10.6. The first kappa shape index (κ1) is 28.8. The molecule has 1 heterocycles. The first-order valence-corrected chi connectivity index (χ1v) is 15.1. The largest absolute Gasteiger partial charge is 0.356 e. The van der Waals surface area contributed by atoms with Crippen LogP contribution in [0.25, 0.3) is 0 Å². The molecule has 0 aliphatic carbocycles. The minimum atomic E-state index is 0.505. The third kappa shape index (κ3) is 12.9. The number of nitrogens with zero attached hydrogens (tertiary/aromatic N) is 2. The van der Waals surface area contributed by atoms with E-state index >= 15 is 0 Å². The SMILES string of the molecule is CCCCCCCCCCCCCCN1C=CN(CCCCCCCC)C1Cc1ccccc1. The summed E-state index contributed by atoms with van der Waals surface area (Å²) in [5.41, 5.74) is 1.46. The Labute approximate surface area is 213 Å². The van der Waals surface area contributed by atoms with Crippen molar-refractivity contribution >= 4 is 0 Å². The first-order chi connectivity index (χ1) is 16.8. The number of unbranched alkanes of at least 4 members (excludes halogenated alkanes) is 16. The molecule has 0 saturated heterocycles. The highest BCUT2D eigenvalue weighted by Crippen LogP contribution is 2.22. The third-order valence-electron chi connectivity index (χ3n) is 7.52. The van der Waals surface area contributed by atoms with E-state index in [0.717, 1.165) is 6.42 Å². The zero-order valence-electron chi connectivity index (χ0n) is 22.9. The van der Waals surface area contributed by atoms with Crippen molar-refractivity contribution in [2.75, 3.05) is 13.1 Å². The molecule has 1 atom stereocenters. The molecule has 0 spiro atoms. The van der Waals surface area contributed by atoms with Crippen molar-refractivity contribution in [3.8, 4) is 0 Å². The van der Waals surface area contributed by atoms with Crippen molar-refractivity contribution in [3.05, 3.63) is 48.3 Å². The van der Waals surface area contributed by atoms with Crippen LogP contribution in [0.2, 0.25) is 0 Å². The van der Waals surface area contributed by atoms with Crippen LogP contribution < -0.4 is 0 Å². The summed E-state index contributed by atoms with van der Waals surface area (Å²) < 4.78 is 0. The van der Waals surface area contributed by atoms with E-state index in [4.69, 9.17) is 0 Å². The van der Waals surface area contributed by atoms with Gasteiger partial charge >= 0.3 is 0 Å². The van der Waals surface area contributed by atoms with E-state index < -0.39 is 0 Å². The van der Waals surface area contributed by atoms with Gasteiger partial charge < -0.3 is 9.80 Å². The molecule has 0 N–H and O–H groups in total. The number of hydrogen-bond donors (Lipinski definition) is 0. The molecule has 1 aliphatic heterocycles. The van der Waals surface area contributed by atoms with Gasteiger partial charge in [-0.1, -0.05) is 147 Å². The number of rotatable bonds is 22. The second-order valence-corrected chi connectivity index (χ2v) is 10.6. The Bertz CT molecular complexity index is 596. The third-order valence-corrected chi connectivity index (χ3v) is 7.52. The Morgan fingerprint density at radius 1 is 0.500 bits per heavy atom. The van der Waals surface area contributed by atoms with Crippen LogP contribution in [0.1, 0.15) is 135 Å². The lowest BCUT2D eigenvalue weighted by Gasteiger charge is -2.33. The highest BCUT2D eigenvalue weighted by atomic mass is 15.4. The minimum absolute atomic E-state index is 0.505. The molecule has 0 amide bonds. The molecule has 1 aromatic rings. The predicted molar refractivity (Wildman–Crippen MR) is 151 cm³/mol. The average molecular weight is 469 g/mol. The van der Waals surface area contributed by atoms with Crippen LogP contribution in [0.4, 0.5) is 0 Å². The van der Waals surface area contributed by atoms with Crippen molar-refractivity contribution in [3.63, 3.8) is 0 Å². The molecule has 0 aromatic heterocycles. The molecule has 0 fully saturated rings. The summed E-state index contributed by atoms with van der Waals surface area (Å²) in [6.45, 7) is 7.01. The molecule has 2 rings (SSSR count). The minimum Gasteiger partial charge on any atom is -0.356 e. The van der Waals surface area contributed by atoms with Gasteiger partial charge in [-0.15, -0.1) is 0 Å². The Morgan fingerprint density at radius 3 is 1.29 bits per heavy atom. The van der Waals surface area contributed by atoms with E-state index in [1.165, 1.54) is 134 Å². The maximum Gasteiger partial charge on any atom is 0.105 e. The molecule has 0 radical (unpaired) electrons. The standard InChI is InChI=1S/C32H56N2/c1-3-5-7-9-11-12-13-14-15-16-18-23-27-34-29-28-33(26-22-17-10-8-6-4-2)32(34)30-31-24-20-19-21-25-31/h19-21,24-25,28-29,32H,3-18,22-23,26-27,30H2,1-2H3. The molecule has 1 aliphatic rings. The topological polar surface area (TPSA) is 6.48 Å². The van der Waals surface area contributed by atoms with Crippen LogP contribution in [-0.4, -0.2) is 29.1 Å². The summed E-state index contributed by atoms with van der Waals surface area (Å²) in [5, 5.41) is 0. The lowest BCUT2D eigenvalue weighted by Crippen LogP contribution is -2.41. The predicted octanol–water partition coefficient (Wildman–Crippen LogP) is 9.71. The van der Waals surface area contributed by atoms with E-state index in [-0.39, 0.29) is 0 Å². The van der Waals surface area contributed by atoms with Crippen LogP contribution in [0.15, 0.2) is 42.7 Å². The Morgan fingerprint density at radius 2 is 0.882 bits per heavy atom. The van der Waals surface area contributed by atoms with Crippen LogP contribution >= 0.6 is 0 Å². The lowest BCUT2D eigenvalue weighted by atomic mass is 10.0. The summed E-state index contributed by atoms with van der Waals surface area (Å²) in [4.78, 5) is 5.24. The lowest BCUT2D eigenvalue weighted by molar-refractivity contribution is 0.148. The monoisotopic (exact) mass is 468 g/mol. The summed E-state index contributed by atoms with van der Waals surface area (Å²) in [6.07, 6.45) is 31.7. The van der Waals surface area contributed by atoms with Crippen molar-refractivity contribution in [1.82, 2.24) is 9.80 Å². The average Bonchev–Trinajstić information content (AvgIpc) is 3.23. The second kappa shape index (κ2) is 19.8. The molecule has 0 bridgehead atoms. The van der Waals surface area contributed by atoms with Crippen LogP contribution in [-0.2, 0) is 6.42 Å². The summed E-state index contributed by atoms with van der Waals surface area (Å²) >= 11 is 0. The quantitative estimate of drug-likeness (QED) is 0.156. The summed E-state index contributed by atoms with van der Waals surface area (Å²) in [5.74, 6) is 0. The zero-order chi connectivity index (χ0) is 24.1. The van der Waals surface area contributed by atoms with Crippen molar-refractivity contribution < 1.29 is 0 Å². The summed E-state index contributed by atoms with van der Waals surface area (Å²) in [7, 11) is 0. The van der Waals surface area contributed by atoms with Crippen LogP contribution in [0, 0.1) is 0 Å². The Balaban J connectivity index is 1.62. The molecule has 2 nitrogen and oxygen atoms in total.